The minimum absolute atomic E-state index is 0.244. The van der Waals surface area contributed by atoms with Crippen molar-refractivity contribution >= 4 is 22.7 Å². The van der Waals surface area contributed by atoms with E-state index < -0.39 is 11.6 Å². The molecule has 1 aliphatic rings. The van der Waals surface area contributed by atoms with Gasteiger partial charge in [-0.1, -0.05) is 19.1 Å². The number of methoxy groups -OCH3 is 1. The van der Waals surface area contributed by atoms with Crippen molar-refractivity contribution in [1.82, 2.24) is 19.9 Å². The number of rotatable bonds is 6. The van der Waals surface area contributed by atoms with Crippen LogP contribution in [-0.2, 0) is 6.54 Å². The fraction of sp³-hybridized carbons (Fsp3) is 0.308. The molecule has 3 heterocycles. The first-order valence-electron chi connectivity index (χ1n) is 11.5. The van der Waals surface area contributed by atoms with E-state index in [4.69, 9.17) is 4.74 Å². The van der Waals surface area contributed by atoms with Crippen LogP contribution in [0.15, 0.2) is 48.7 Å². The van der Waals surface area contributed by atoms with Crippen molar-refractivity contribution in [1.29, 1.82) is 0 Å². The molecule has 0 aliphatic carbocycles. The van der Waals surface area contributed by atoms with Gasteiger partial charge in [0.2, 0.25) is 11.8 Å². The number of likely N-dealkylation sites (tertiary alicyclic amines) is 1. The molecule has 1 fully saturated rings. The summed E-state index contributed by atoms with van der Waals surface area (Å²) in [6, 6.07) is 11.7. The van der Waals surface area contributed by atoms with Crippen LogP contribution in [0.25, 0.3) is 22.2 Å². The van der Waals surface area contributed by atoms with E-state index in [2.05, 4.69) is 44.2 Å². The van der Waals surface area contributed by atoms with Gasteiger partial charge in [0.15, 0.2) is 0 Å². The summed E-state index contributed by atoms with van der Waals surface area (Å²) in [7, 11) is 1.50. The number of halogens is 2. The predicted molar refractivity (Wildman–Crippen MR) is 129 cm³/mol. The zero-order valence-electron chi connectivity index (χ0n) is 19.2. The zero-order chi connectivity index (χ0) is 23.7. The van der Waals surface area contributed by atoms with Crippen LogP contribution in [0.3, 0.4) is 0 Å². The third kappa shape index (κ3) is 4.59. The second-order valence-electron chi connectivity index (χ2n) is 8.89. The van der Waals surface area contributed by atoms with Crippen LogP contribution >= 0.6 is 0 Å². The quantitative estimate of drug-likeness (QED) is 0.373. The van der Waals surface area contributed by atoms with Crippen molar-refractivity contribution in [2.45, 2.75) is 26.3 Å². The summed E-state index contributed by atoms with van der Waals surface area (Å²) in [5.74, 6) is 0.179. The molecule has 2 N–H and O–H groups in total. The number of fused-ring (bicyclic) bond motifs is 1. The van der Waals surface area contributed by atoms with Gasteiger partial charge in [-0.3, -0.25) is 4.90 Å². The van der Waals surface area contributed by atoms with Crippen LogP contribution < -0.4 is 10.1 Å². The maximum Gasteiger partial charge on any atom is 0.232 e. The number of benzene rings is 2. The third-order valence-electron chi connectivity index (χ3n) is 6.41. The van der Waals surface area contributed by atoms with Crippen LogP contribution in [0.1, 0.15) is 25.3 Å². The Kier molecular flexibility index (Phi) is 6.15. The number of H-pyrrole nitrogens is 1. The van der Waals surface area contributed by atoms with Crippen molar-refractivity contribution in [3.8, 4) is 17.0 Å². The topological polar surface area (TPSA) is 66.1 Å². The average molecular weight is 464 g/mol. The Bertz CT molecular complexity index is 1300. The van der Waals surface area contributed by atoms with Gasteiger partial charge >= 0.3 is 0 Å². The van der Waals surface area contributed by atoms with Crippen molar-refractivity contribution in [3.05, 3.63) is 65.9 Å². The largest absolute Gasteiger partial charge is 0.480 e. The SMILES string of the molecule is COc1nc(Nc2ccc(CN3CCC(C)CC3)cc2)nc2[nH]cc(-c3ccc(F)cc3F)c12. The molecule has 0 bridgehead atoms. The van der Waals surface area contributed by atoms with Gasteiger partial charge in [0.05, 0.1) is 12.5 Å². The van der Waals surface area contributed by atoms with E-state index in [-0.39, 0.29) is 5.56 Å². The Labute approximate surface area is 197 Å². The Hall–Kier alpha value is -3.52. The maximum atomic E-state index is 14.4. The van der Waals surface area contributed by atoms with Gasteiger partial charge in [0, 0.05) is 35.6 Å². The molecule has 6 nitrogen and oxygen atoms in total. The average Bonchev–Trinajstić information content (AvgIpc) is 3.25. The predicted octanol–water partition coefficient (Wildman–Crippen LogP) is 5.89. The summed E-state index contributed by atoms with van der Waals surface area (Å²) in [5.41, 5.74) is 3.36. The highest BCUT2D eigenvalue weighted by atomic mass is 19.1. The summed E-state index contributed by atoms with van der Waals surface area (Å²) in [6.45, 7) is 5.57. The van der Waals surface area contributed by atoms with Crippen LogP contribution in [0.2, 0.25) is 0 Å². The third-order valence-corrected chi connectivity index (χ3v) is 6.41. The first-order chi connectivity index (χ1) is 16.5. The van der Waals surface area contributed by atoms with Crippen molar-refractivity contribution < 1.29 is 13.5 Å². The van der Waals surface area contributed by atoms with Crippen LogP contribution in [0.4, 0.5) is 20.4 Å². The lowest BCUT2D eigenvalue weighted by molar-refractivity contribution is 0.185. The normalized spacial score (nSPS) is 15.1. The monoisotopic (exact) mass is 463 g/mol. The molecule has 0 atom stereocenters. The molecule has 8 heteroatoms. The first kappa shape index (κ1) is 22.3. The molecule has 4 aromatic rings. The standard InChI is InChI=1S/C26H27F2N5O/c1-16-9-11-33(12-10-16)15-17-3-6-19(7-4-17)30-26-31-24-23(25(32-26)34-2)21(14-29-24)20-8-5-18(27)13-22(20)28/h3-8,13-14,16H,9-12,15H2,1-2H3,(H2,29,30,31,32). The molecule has 0 saturated carbocycles. The van der Waals surface area contributed by atoms with Crippen LogP contribution in [0, 0.1) is 17.6 Å². The molecular formula is C26H27F2N5O. The lowest BCUT2D eigenvalue weighted by Gasteiger charge is -2.30. The van der Waals surface area contributed by atoms with E-state index in [9.17, 15) is 8.78 Å². The lowest BCUT2D eigenvalue weighted by Crippen LogP contribution is -2.32. The van der Waals surface area contributed by atoms with Crippen LogP contribution in [-0.4, -0.2) is 40.1 Å². The van der Waals surface area contributed by atoms with Crippen LogP contribution in [0.5, 0.6) is 5.88 Å². The Balaban J connectivity index is 1.36. The summed E-state index contributed by atoms with van der Waals surface area (Å²) >= 11 is 0. The van der Waals surface area contributed by atoms with Gasteiger partial charge in [0.25, 0.3) is 0 Å². The molecule has 0 spiro atoms. The number of hydrogen-bond donors (Lipinski definition) is 2. The smallest absolute Gasteiger partial charge is 0.232 e. The number of hydrogen-bond acceptors (Lipinski definition) is 5. The molecule has 176 valence electrons. The van der Waals surface area contributed by atoms with E-state index in [1.165, 1.54) is 37.6 Å². The fourth-order valence-electron chi connectivity index (χ4n) is 4.42. The Morgan fingerprint density at radius 1 is 1.06 bits per heavy atom. The molecular weight excluding hydrogens is 436 g/mol. The molecule has 34 heavy (non-hydrogen) atoms. The lowest BCUT2D eigenvalue weighted by atomic mass is 9.99. The van der Waals surface area contributed by atoms with Gasteiger partial charge in [-0.25, -0.2) is 8.78 Å². The Morgan fingerprint density at radius 3 is 2.53 bits per heavy atom. The van der Waals surface area contributed by atoms with Gasteiger partial charge in [-0.2, -0.15) is 9.97 Å². The molecule has 0 amide bonds. The van der Waals surface area contributed by atoms with Gasteiger partial charge in [-0.05, 0) is 61.7 Å². The molecule has 5 rings (SSSR count). The van der Waals surface area contributed by atoms with Gasteiger partial charge in [-0.15, -0.1) is 0 Å². The molecule has 1 aliphatic heterocycles. The summed E-state index contributed by atoms with van der Waals surface area (Å²) < 4.78 is 33.2. The minimum atomic E-state index is -0.663. The second kappa shape index (κ2) is 9.38. The molecule has 2 aromatic carbocycles. The van der Waals surface area contributed by atoms with Gasteiger partial charge < -0.3 is 15.0 Å². The summed E-state index contributed by atoms with van der Waals surface area (Å²) in [4.78, 5) is 14.6. The molecule has 2 aromatic heterocycles. The summed E-state index contributed by atoms with van der Waals surface area (Å²) in [6.07, 6.45) is 4.14. The zero-order valence-corrected chi connectivity index (χ0v) is 19.2. The highest BCUT2D eigenvalue weighted by Crippen LogP contribution is 2.36. The number of ether oxygens (including phenoxy) is 1. The first-order valence-corrected chi connectivity index (χ1v) is 11.5. The minimum Gasteiger partial charge on any atom is -0.480 e. The second-order valence-corrected chi connectivity index (χ2v) is 8.89. The Morgan fingerprint density at radius 2 is 1.82 bits per heavy atom. The summed E-state index contributed by atoms with van der Waals surface area (Å²) in [5, 5.41) is 3.75. The number of piperidine rings is 1. The highest BCUT2D eigenvalue weighted by Gasteiger charge is 2.19. The fourth-order valence-corrected chi connectivity index (χ4v) is 4.42. The van der Waals surface area contributed by atoms with E-state index >= 15 is 0 Å². The number of nitrogens with one attached hydrogen (secondary N) is 2. The molecule has 0 unspecified atom stereocenters. The number of aromatic nitrogens is 3. The van der Waals surface area contributed by atoms with Crippen molar-refractivity contribution in [2.75, 3.05) is 25.5 Å². The van der Waals surface area contributed by atoms with E-state index in [1.54, 1.807) is 6.20 Å². The number of anilines is 2. The maximum absolute atomic E-state index is 14.4. The molecule has 0 radical (unpaired) electrons. The van der Waals surface area contributed by atoms with E-state index in [0.29, 0.717) is 28.4 Å². The highest BCUT2D eigenvalue weighted by molar-refractivity contribution is 5.97. The van der Waals surface area contributed by atoms with Crippen molar-refractivity contribution in [3.63, 3.8) is 0 Å². The van der Waals surface area contributed by atoms with Crippen molar-refractivity contribution in [2.24, 2.45) is 5.92 Å². The number of aromatic amines is 1. The van der Waals surface area contributed by atoms with E-state index in [1.807, 2.05) is 12.1 Å². The van der Waals surface area contributed by atoms with Gasteiger partial charge in [0.1, 0.15) is 17.3 Å². The van der Waals surface area contributed by atoms with E-state index in [0.717, 1.165) is 37.3 Å². The number of nitrogens with zero attached hydrogens (tertiary/aromatic N) is 3. The molecule has 1 saturated heterocycles.